The summed E-state index contributed by atoms with van der Waals surface area (Å²) in [5, 5.41) is 0.375. The van der Waals surface area contributed by atoms with Gasteiger partial charge in [0.05, 0.1) is 19.3 Å². The monoisotopic (exact) mass is 464 g/mol. The van der Waals surface area contributed by atoms with Crippen LogP contribution in [0, 0.1) is 0 Å². The van der Waals surface area contributed by atoms with E-state index in [1.807, 2.05) is 0 Å². The molecular weight excluding hydrogens is 412 g/mol. The highest BCUT2D eigenvalue weighted by Crippen LogP contribution is 2.39. The SMILES string of the molecule is CCO[Si](C)(C)CCCOCC(CO[Si](C)(C)C(C)(C)C)O[Si](C)(C)C(C)(C)C. The van der Waals surface area contributed by atoms with Gasteiger partial charge in [-0.25, -0.2) is 0 Å². The largest absolute Gasteiger partial charge is 0.418 e. The molecule has 1 atom stereocenters. The zero-order valence-corrected chi connectivity index (χ0v) is 25.0. The number of hydrogen-bond acceptors (Lipinski definition) is 4. The maximum atomic E-state index is 6.69. The Bertz CT molecular complexity index is 466. The molecule has 0 aliphatic rings. The highest BCUT2D eigenvalue weighted by Gasteiger charge is 2.41. The minimum absolute atomic E-state index is 0.00200. The topological polar surface area (TPSA) is 36.9 Å². The molecule has 7 heteroatoms. The van der Waals surface area contributed by atoms with Gasteiger partial charge >= 0.3 is 0 Å². The third-order valence-corrected chi connectivity index (χ3v) is 18.3. The number of rotatable bonds is 13. The van der Waals surface area contributed by atoms with Crippen LogP contribution in [0.25, 0.3) is 0 Å². The summed E-state index contributed by atoms with van der Waals surface area (Å²) < 4.78 is 25.2. The van der Waals surface area contributed by atoms with Crippen LogP contribution < -0.4 is 0 Å². The van der Waals surface area contributed by atoms with Crippen molar-refractivity contribution in [2.45, 2.75) is 116 Å². The summed E-state index contributed by atoms with van der Waals surface area (Å²) in [6.07, 6.45) is 1.05. The van der Waals surface area contributed by atoms with E-state index in [2.05, 4.69) is 87.7 Å². The lowest BCUT2D eigenvalue weighted by Gasteiger charge is -2.41. The average molecular weight is 465 g/mol. The molecule has 0 aromatic heterocycles. The summed E-state index contributed by atoms with van der Waals surface area (Å²) in [5.74, 6) is 0. The fraction of sp³-hybridized carbons (Fsp3) is 1.00. The Morgan fingerprint density at radius 2 is 1.24 bits per heavy atom. The van der Waals surface area contributed by atoms with Gasteiger partial charge in [0.1, 0.15) is 0 Å². The zero-order chi connectivity index (χ0) is 23.1. The van der Waals surface area contributed by atoms with Crippen LogP contribution in [0.2, 0.25) is 55.4 Å². The second-order valence-corrected chi connectivity index (χ2v) is 25.8. The molecule has 0 spiro atoms. The number of ether oxygens (including phenoxy) is 1. The van der Waals surface area contributed by atoms with Gasteiger partial charge in [0.2, 0.25) is 0 Å². The second kappa shape index (κ2) is 11.4. The fourth-order valence-corrected chi connectivity index (χ4v) is 6.79. The molecule has 0 saturated heterocycles. The average Bonchev–Trinajstić information content (AvgIpc) is 2.49. The van der Waals surface area contributed by atoms with Crippen molar-refractivity contribution in [3.63, 3.8) is 0 Å². The maximum absolute atomic E-state index is 6.69. The lowest BCUT2D eigenvalue weighted by atomic mass is 10.2. The molecule has 0 aromatic rings. The van der Waals surface area contributed by atoms with Crippen molar-refractivity contribution in [1.29, 1.82) is 0 Å². The predicted molar refractivity (Wildman–Crippen MR) is 135 cm³/mol. The van der Waals surface area contributed by atoms with Crippen molar-refractivity contribution in [3.8, 4) is 0 Å². The molecule has 0 aliphatic carbocycles. The molecule has 1 unspecified atom stereocenters. The Morgan fingerprint density at radius 3 is 1.69 bits per heavy atom. The highest BCUT2D eigenvalue weighted by molar-refractivity contribution is 6.74. The Balaban J connectivity index is 4.85. The van der Waals surface area contributed by atoms with Crippen LogP contribution in [-0.2, 0) is 18.0 Å². The van der Waals surface area contributed by atoms with Gasteiger partial charge in [-0.1, -0.05) is 41.5 Å². The first-order valence-electron chi connectivity index (χ1n) is 11.4. The van der Waals surface area contributed by atoms with Gasteiger partial charge in [0, 0.05) is 13.2 Å². The van der Waals surface area contributed by atoms with Gasteiger partial charge in [-0.2, -0.15) is 0 Å². The molecule has 29 heavy (non-hydrogen) atoms. The normalized spacial score (nSPS) is 15.6. The molecule has 0 aromatic carbocycles. The van der Waals surface area contributed by atoms with Crippen molar-refractivity contribution in [1.82, 2.24) is 0 Å². The zero-order valence-electron chi connectivity index (χ0n) is 22.0. The summed E-state index contributed by atoms with van der Waals surface area (Å²) in [6, 6.07) is 1.13. The van der Waals surface area contributed by atoms with Crippen LogP contribution in [0.3, 0.4) is 0 Å². The first kappa shape index (κ1) is 29.5. The first-order valence-corrected chi connectivity index (χ1v) is 20.3. The van der Waals surface area contributed by atoms with Gasteiger partial charge in [-0.15, -0.1) is 0 Å². The smallest absolute Gasteiger partial charge is 0.192 e. The molecule has 0 amide bonds. The van der Waals surface area contributed by atoms with E-state index in [-0.39, 0.29) is 16.2 Å². The molecule has 0 bridgehead atoms. The quantitative estimate of drug-likeness (QED) is 0.216. The molecule has 0 radical (unpaired) electrons. The van der Waals surface area contributed by atoms with Crippen LogP contribution in [0.15, 0.2) is 0 Å². The third kappa shape index (κ3) is 11.1. The minimum Gasteiger partial charge on any atom is -0.418 e. The minimum atomic E-state index is -1.88. The van der Waals surface area contributed by atoms with Crippen molar-refractivity contribution < 1.29 is 18.0 Å². The van der Waals surface area contributed by atoms with Crippen molar-refractivity contribution >= 4 is 25.0 Å². The van der Waals surface area contributed by atoms with E-state index in [0.717, 1.165) is 25.7 Å². The van der Waals surface area contributed by atoms with E-state index >= 15 is 0 Å². The Kier molecular flexibility index (Phi) is 11.6. The Hall–Kier alpha value is 0.491. The highest BCUT2D eigenvalue weighted by atomic mass is 28.4. The summed E-state index contributed by atoms with van der Waals surface area (Å²) >= 11 is 0. The molecule has 0 rings (SSSR count). The number of hydrogen-bond donors (Lipinski definition) is 0. The molecule has 0 aliphatic heterocycles. The predicted octanol–water partition coefficient (Wildman–Crippen LogP) is 7.05. The Morgan fingerprint density at radius 1 is 0.724 bits per heavy atom. The van der Waals surface area contributed by atoms with Gasteiger partial charge in [0.25, 0.3) is 0 Å². The van der Waals surface area contributed by atoms with Gasteiger partial charge in [-0.05, 0) is 68.7 Å². The van der Waals surface area contributed by atoms with Gasteiger partial charge in [0.15, 0.2) is 25.0 Å². The third-order valence-electron chi connectivity index (χ3n) is 6.61. The van der Waals surface area contributed by atoms with Gasteiger partial charge < -0.3 is 18.0 Å². The van der Waals surface area contributed by atoms with E-state index in [1.165, 1.54) is 0 Å². The van der Waals surface area contributed by atoms with Crippen molar-refractivity contribution in [2.24, 2.45) is 0 Å². The summed E-state index contributed by atoms with van der Waals surface area (Å²) in [4.78, 5) is 0. The first-order chi connectivity index (χ1) is 12.8. The molecule has 0 fully saturated rings. The van der Waals surface area contributed by atoms with Crippen LogP contribution in [0.5, 0.6) is 0 Å². The molecule has 0 N–H and O–H groups in total. The maximum Gasteiger partial charge on any atom is 0.192 e. The summed E-state index contributed by atoms with van der Waals surface area (Å²) in [5.41, 5.74) is 0. The van der Waals surface area contributed by atoms with E-state index in [4.69, 9.17) is 18.0 Å². The summed E-state index contributed by atoms with van der Waals surface area (Å²) in [7, 11) is -5.21. The van der Waals surface area contributed by atoms with Crippen LogP contribution in [-0.4, -0.2) is 57.5 Å². The Labute approximate surface area is 185 Å². The summed E-state index contributed by atoms with van der Waals surface area (Å²) in [6.45, 7) is 32.4. The van der Waals surface area contributed by atoms with Crippen LogP contribution >= 0.6 is 0 Å². The van der Waals surface area contributed by atoms with Crippen molar-refractivity contribution in [2.75, 3.05) is 26.4 Å². The fourth-order valence-electron chi connectivity index (χ4n) is 2.51. The van der Waals surface area contributed by atoms with E-state index in [0.29, 0.717) is 13.2 Å². The standard InChI is InChI=1S/C22H52O4Si3/c1-14-24-27(8,9)17-15-16-23-18-20(26-29(12,13)22(5,6)7)19-25-28(10,11)21(2,3)4/h20H,14-19H2,1-13H3. The molecule has 4 nitrogen and oxygen atoms in total. The van der Waals surface area contributed by atoms with Crippen molar-refractivity contribution in [3.05, 3.63) is 0 Å². The molecular formula is C22H52O4Si3. The molecule has 0 saturated carbocycles. The van der Waals surface area contributed by atoms with E-state index < -0.39 is 25.0 Å². The van der Waals surface area contributed by atoms with Crippen LogP contribution in [0.1, 0.15) is 54.9 Å². The van der Waals surface area contributed by atoms with E-state index in [9.17, 15) is 0 Å². The lowest BCUT2D eigenvalue weighted by molar-refractivity contribution is 0.0158. The lowest BCUT2D eigenvalue weighted by Crippen LogP contribution is -2.49. The molecule has 0 heterocycles. The van der Waals surface area contributed by atoms with Gasteiger partial charge in [-0.3, -0.25) is 0 Å². The molecule has 176 valence electrons. The second-order valence-electron chi connectivity index (χ2n) is 11.9. The van der Waals surface area contributed by atoms with Crippen LogP contribution in [0.4, 0.5) is 0 Å². The van der Waals surface area contributed by atoms with E-state index in [1.54, 1.807) is 0 Å².